The molecule has 26 heavy (non-hydrogen) atoms. The molecule has 0 aliphatic carbocycles. The van der Waals surface area contributed by atoms with E-state index in [1.165, 1.54) is 25.3 Å². The van der Waals surface area contributed by atoms with Crippen LogP contribution in [0, 0.1) is 0 Å². The van der Waals surface area contributed by atoms with Gasteiger partial charge in [-0.2, -0.15) is 0 Å². The highest BCUT2D eigenvalue weighted by molar-refractivity contribution is 7.89. The van der Waals surface area contributed by atoms with Crippen molar-refractivity contribution < 1.29 is 22.7 Å². The molecule has 0 aromatic heterocycles. The first-order valence-corrected chi connectivity index (χ1v) is 9.77. The third-order valence-electron chi connectivity index (χ3n) is 3.66. The molecule has 0 spiro atoms. The summed E-state index contributed by atoms with van der Waals surface area (Å²) in [4.78, 5) is 11.5. The fourth-order valence-electron chi connectivity index (χ4n) is 2.34. The monoisotopic (exact) mass is 397 g/mol. The minimum Gasteiger partial charge on any atom is -0.494 e. The van der Waals surface area contributed by atoms with Crippen LogP contribution in [0.2, 0.25) is 5.02 Å². The van der Waals surface area contributed by atoms with E-state index in [4.69, 9.17) is 16.3 Å². The van der Waals surface area contributed by atoms with E-state index in [1.54, 1.807) is 31.2 Å². The van der Waals surface area contributed by atoms with Crippen molar-refractivity contribution in [2.24, 2.45) is 0 Å². The van der Waals surface area contributed by atoms with Crippen molar-refractivity contribution in [1.29, 1.82) is 0 Å². The number of hydrogen-bond acceptors (Lipinski definition) is 5. The number of esters is 1. The lowest BCUT2D eigenvalue weighted by Gasteiger charge is -2.16. The van der Waals surface area contributed by atoms with Gasteiger partial charge in [0.25, 0.3) is 0 Å². The van der Waals surface area contributed by atoms with Crippen LogP contribution in [0.4, 0.5) is 0 Å². The van der Waals surface area contributed by atoms with E-state index in [9.17, 15) is 13.2 Å². The summed E-state index contributed by atoms with van der Waals surface area (Å²) in [5.74, 6) is 0.0674. The number of hydrogen-bond donors (Lipinski definition) is 1. The number of nitrogens with one attached hydrogen (secondary N) is 1. The van der Waals surface area contributed by atoms with Gasteiger partial charge < -0.3 is 9.47 Å². The number of rotatable bonds is 7. The molecule has 2 rings (SSSR count). The van der Waals surface area contributed by atoms with Crippen LogP contribution in [0.3, 0.4) is 0 Å². The zero-order valence-corrected chi connectivity index (χ0v) is 16.2. The Morgan fingerprint density at radius 1 is 1.19 bits per heavy atom. The molecule has 1 N–H and O–H groups in total. The topological polar surface area (TPSA) is 81.7 Å². The second kappa shape index (κ2) is 8.53. The Morgan fingerprint density at radius 2 is 1.85 bits per heavy atom. The van der Waals surface area contributed by atoms with Gasteiger partial charge in [0.1, 0.15) is 10.6 Å². The molecule has 0 amide bonds. The number of carbonyl (C=O) groups is 1. The Balaban J connectivity index is 2.26. The average molecular weight is 398 g/mol. The first-order valence-electron chi connectivity index (χ1n) is 7.91. The van der Waals surface area contributed by atoms with E-state index >= 15 is 0 Å². The number of carbonyl (C=O) groups excluding carboxylic acids is 1. The molecule has 1 atom stereocenters. The maximum atomic E-state index is 12.7. The predicted octanol–water partition coefficient (Wildman–Crippen LogP) is 3.56. The third-order valence-corrected chi connectivity index (χ3v) is 5.69. The van der Waals surface area contributed by atoms with Gasteiger partial charge in [-0.05, 0) is 49.7 Å². The maximum Gasteiger partial charge on any atom is 0.337 e. The Labute approximate surface area is 158 Å². The normalized spacial score (nSPS) is 12.5. The Morgan fingerprint density at radius 3 is 2.42 bits per heavy atom. The molecule has 0 aliphatic rings. The predicted molar refractivity (Wildman–Crippen MR) is 99.1 cm³/mol. The van der Waals surface area contributed by atoms with E-state index in [1.807, 2.05) is 6.92 Å². The summed E-state index contributed by atoms with van der Waals surface area (Å²) in [6.07, 6.45) is 0. The highest BCUT2D eigenvalue weighted by Gasteiger charge is 2.23. The van der Waals surface area contributed by atoms with E-state index in [-0.39, 0.29) is 15.5 Å². The minimum absolute atomic E-state index is 0.0176. The van der Waals surface area contributed by atoms with Gasteiger partial charge in [0.2, 0.25) is 10.0 Å². The highest BCUT2D eigenvalue weighted by Crippen LogP contribution is 2.25. The van der Waals surface area contributed by atoms with Crippen molar-refractivity contribution >= 4 is 27.6 Å². The lowest BCUT2D eigenvalue weighted by atomic mass is 10.1. The Kier molecular flexibility index (Phi) is 6.63. The van der Waals surface area contributed by atoms with E-state index < -0.39 is 22.0 Å². The molecular formula is C18H20ClNO5S. The van der Waals surface area contributed by atoms with Gasteiger partial charge in [-0.1, -0.05) is 23.7 Å². The number of sulfonamides is 1. The summed E-state index contributed by atoms with van der Waals surface area (Å²) in [5, 5.41) is 0.0176. The van der Waals surface area contributed by atoms with Gasteiger partial charge in [-0.15, -0.1) is 0 Å². The van der Waals surface area contributed by atoms with Crippen molar-refractivity contribution in [3.63, 3.8) is 0 Å². The zero-order valence-electron chi connectivity index (χ0n) is 14.7. The first-order chi connectivity index (χ1) is 12.3. The van der Waals surface area contributed by atoms with Crippen molar-refractivity contribution in [3.8, 4) is 5.75 Å². The van der Waals surface area contributed by atoms with Gasteiger partial charge in [-0.3, -0.25) is 0 Å². The lowest BCUT2D eigenvalue weighted by Crippen LogP contribution is -2.27. The molecule has 2 aromatic carbocycles. The minimum atomic E-state index is -3.94. The molecule has 140 valence electrons. The van der Waals surface area contributed by atoms with Crippen LogP contribution in [-0.4, -0.2) is 28.1 Å². The molecular weight excluding hydrogens is 378 g/mol. The molecule has 2 aromatic rings. The van der Waals surface area contributed by atoms with Crippen LogP contribution in [-0.2, 0) is 14.8 Å². The van der Waals surface area contributed by atoms with Gasteiger partial charge in [0.15, 0.2) is 0 Å². The molecule has 0 heterocycles. The highest BCUT2D eigenvalue weighted by atomic mass is 35.5. The fourth-order valence-corrected chi connectivity index (χ4v) is 4.10. The van der Waals surface area contributed by atoms with E-state index in [2.05, 4.69) is 9.46 Å². The van der Waals surface area contributed by atoms with Gasteiger partial charge in [0, 0.05) is 6.04 Å². The lowest BCUT2D eigenvalue weighted by molar-refractivity contribution is 0.0600. The second-order valence-corrected chi connectivity index (χ2v) is 7.57. The van der Waals surface area contributed by atoms with Crippen LogP contribution >= 0.6 is 11.6 Å². The SMILES string of the molecule is CCOc1ccc(C(C)NS(=O)(=O)c2cc(C(=O)OC)ccc2Cl)cc1. The quantitative estimate of drug-likeness (QED) is 0.722. The number of benzene rings is 2. The average Bonchev–Trinajstić information content (AvgIpc) is 2.61. The van der Waals surface area contributed by atoms with E-state index in [0.717, 1.165) is 5.56 Å². The zero-order chi connectivity index (χ0) is 19.3. The molecule has 0 saturated heterocycles. The molecule has 0 saturated carbocycles. The van der Waals surface area contributed by atoms with Crippen LogP contribution in [0.5, 0.6) is 5.75 Å². The number of ether oxygens (including phenoxy) is 2. The summed E-state index contributed by atoms with van der Waals surface area (Å²) in [5.41, 5.74) is 0.864. The van der Waals surface area contributed by atoms with Crippen LogP contribution < -0.4 is 9.46 Å². The summed E-state index contributed by atoms with van der Waals surface area (Å²) >= 11 is 6.03. The van der Waals surface area contributed by atoms with Gasteiger partial charge >= 0.3 is 5.97 Å². The summed E-state index contributed by atoms with van der Waals surface area (Å²) in [7, 11) is -2.72. The summed E-state index contributed by atoms with van der Waals surface area (Å²) in [6.45, 7) is 4.15. The van der Waals surface area contributed by atoms with Crippen LogP contribution in [0.15, 0.2) is 47.4 Å². The largest absolute Gasteiger partial charge is 0.494 e. The Hall–Kier alpha value is -2.09. The maximum absolute atomic E-state index is 12.7. The van der Waals surface area contributed by atoms with Crippen LogP contribution in [0.25, 0.3) is 0 Å². The molecule has 1 unspecified atom stereocenters. The first kappa shape index (κ1) is 20.2. The standard InChI is InChI=1S/C18H20ClNO5S/c1-4-25-15-8-5-13(6-9-15)12(2)20-26(22,23)17-11-14(18(21)24-3)7-10-16(17)19/h5-12,20H,4H2,1-3H3. The fraction of sp³-hybridized carbons (Fsp3) is 0.278. The molecule has 0 aliphatic heterocycles. The summed E-state index contributed by atoms with van der Waals surface area (Å²) < 4.78 is 37.9. The number of methoxy groups -OCH3 is 1. The molecule has 0 radical (unpaired) electrons. The third kappa shape index (κ3) is 4.75. The molecule has 8 heteroatoms. The van der Waals surface area contributed by atoms with E-state index in [0.29, 0.717) is 12.4 Å². The number of halogens is 1. The Bertz CT molecular complexity index is 881. The molecule has 6 nitrogen and oxygen atoms in total. The second-order valence-electron chi connectivity index (χ2n) is 5.48. The van der Waals surface area contributed by atoms with Crippen LogP contribution in [0.1, 0.15) is 35.8 Å². The van der Waals surface area contributed by atoms with Gasteiger partial charge in [0.05, 0.1) is 24.3 Å². The smallest absolute Gasteiger partial charge is 0.337 e. The summed E-state index contributed by atoms with van der Waals surface area (Å²) in [6, 6.07) is 10.6. The van der Waals surface area contributed by atoms with Crippen molar-refractivity contribution in [3.05, 3.63) is 58.6 Å². The molecule has 0 bridgehead atoms. The van der Waals surface area contributed by atoms with Crippen molar-refractivity contribution in [2.45, 2.75) is 24.8 Å². The van der Waals surface area contributed by atoms with Gasteiger partial charge in [-0.25, -0.2) is 17.9 Å². The van der Waals surface area contributed by atoms with Crippen molar-refractivity contribution in [2.75, 3.05) is 13.7 Å². The molecule has 0 fully saturated rings. The van der Waals surface area contributed by atoms with Crippen molar-refractivity contribution in [1.82, 2.24) is 4.72 Å².